The number of para-hydroxylation sites is 3. The number of benzene rings is 2. The lowest BCUT2D eigenvalue weighted by Gasteiger charge is -2.12. The Hall–Kier alpha value is -2.69. The van der Waals surface area contributed by atoms with E-state index < -0.39 is 0 Å². The number of methoxy groups -OCH3 is 1. The summed E-state index contributed by atoms with van der Waals surface area (Å²) in [6, 6.07) is 15.6. The zero-order chi connectivity index (χ0) is 17.9. The van der Waals surface area contributed by atoms with Crippen LogP contribution in [0, 0.1) is 0 Å². The monoisotopic (exact) mass is 342 g/mol. The molecule has 0 aromatic heterocycles. The molecule has 0 spiro atoms. The van der Waals surface area contributed by atoms with Crippen molar-refractivity contribution in [3.05, 3.63) is 54.1 Å². The molecule has 25 heavy (non-hydrogen) atoms. The molecule has 2 aromatic rings. The molecule has 0 fully saturated rings. The number of carbonyl (C=O) groups excluding carboxylic acids is 1. The predicted octanol–water partition coefficient (Wildman–Crippen LogP) is 3.25. The Morgan fingerprint density at radius 1 is 1.00 bits per heavy atom. The normalized spacial score (nSPS) is 10.2. The molecule has 0 saturated carbocycles. The minimum absolute atomic E-state index is 0.0243. The highest BCUT2D eigenvalue weighted by atomic mass is 16.5. The van der Waals surface area contributed by atoms with E-state index in [0.717, 1.165) is 29.2 Å². The van der Waals surface area contributed by atoms with Gasteiger partial charge in [-0.25, -0.2) is 0 Å². The van der Waals surface area contributed by atoms with Crippen molar-refractivity contribution >= 4 is 11.6 Å². The SMILES string of the molecule is CCOc1ccccc1NCCC(=O)NCCc1ccccc1OC. The highest BCUT2D eigenvalue weighted by Crippen LogP contribution is 2.23. The van der Waals surface area contributed by atoms with Crippen LogP contribution >= 0.6 is 0 Å². The quantitative estimate of drug-likeness (QED) is 0.696. The molecule has 2 rings (SSSR count). The molecule has 0 unspecified atom stereocenters. The van der Waals surface area contributed by atoms with Gasteiger partial charge in [0.25, 0.3) is 0 Å². The molecule has 2 aromatic carbocycles. The van der Waals surface area contributed by atoms with Crippen molar-refractivity contribution in [2.45, 2.75) is 19.8 Å². The lowest BCUT2D eigenvalue weighted by atomic mass is 10.1. The van der Waals surface area contributed by atoms with Crippen LogP contribution in [0.3, 0.4) is 0 Å². The van der Waals surface area contributed by atoms with Crippen molar-refractivity contribution in [2.24, 2.45) is 0 Å². The molecule has 5 heteroatoms. The van der Waals surface area contributed by atoms with E-state index in [9.17, 15) is 4.79 Å². The molecule has 5 nitrogen and oxygen atoms in total. The number of amides is 1. The van der Waals surface area contributed by atoms with E-state index >= 15 is 0 Å². The van der Waals surface area contributed by atoms with Crippen LogP contribution in [0.25, 0.3) is 0 Å². The minimum Gasteiger partial charge on any atom is -0.496 e. The fraction of sp³-hybridized carbons (Fsp3) is 0.350. The summed E-state index contributed by atoms with van der Waals surface area (Å²) in [6.07, 6.45) is 1.16. The Balaban J connectivity index is 1.71. The number of nitrogens with one attached hydrogen (secondary N) is 2. The second kappa shape index (κ2) is 10.2. The van der Waals surface area contributed by atoms with Crippen LogP contribution in [0.4, 0.5) is 5.69 Å². The summed E-state index contributed by atoms with van der Waals surface area (Å²) >= 11 is 0. The second-order valence-electron chi connectivity index (χ2n) is 5.52. The highest BCUT2D eigenvalue weighted by Gasteiger charge is 2.05. The first-order valence-electron chi connectivity index (χ1n) is 8.59. The van der Waals surface area contributed by atoms with Crippen molar-refractivity contribution in [1.82, 2.24) is 5.32 Å². The number of hydrogen-bond donors (Lipinski definition) is 2. The average Bonchev–Trinajstić information content (AvgIpc) is 2.64. The smallest absolute Gasteiger partial charge is 0.221 e. The molecule has 0 radical (unpaired) electrons. The van der Waals surface area contributed by atoms with Crippen LogP contribution in [0.15, 0.2) is 48.5 Å². The van der Waals surface area contributed by atoms with Crippen LogP contribution in [0.2, 0.25) is 0 Å². The Bertz CT molecular complexity index is 673. The number of rotatable bonds is 10. The minimum atomic E-state index is 0.0243. The van der Waals surface area contributed by atoms with Crippen molar-refractivity contribution in [2.75, 3.05) is 32.1 Å². The Labute approximate surface area is 149 Å². The molecule has 0 atom stereocenters. The van der Waals surface area contributed by atoms with Gasteiger partial charge in [0, 0.05) is 19.5 Å². The third-order valence-electron chi connectivity index (χ3n) is 3.76. The van der Waals surface area contributed by atoms with Gasteiger partial charge in [0.05, 0.1) is 19.4 Å². The molecule has 134 valence electrons. The first kappa shape index (κ1) is 18.6. The maximum Gasteiger partial charge on any atom is 0.221 e. The first-order valence-corrected chi connectivity index (χ1v) is 8.59. The van der Waals surface area contributed by atoms with Gasteiger partial charge in [0.1, 0.15) is 11.5 Å². The Morgan fingerprint density at radius 2 is 1.72 bits per heavy atom. The first-order chi connectivity index (χ1) is 12.2. The number of carbonyl (C=O) groups is 1. The van der Waals surface area contributed by atoms with Crippen LogP contribution in [0.5, 0.6) is 11.5 Å². The molecular formula is C20H26N2O3. The fourth-order valence-electron chi connectivity index (χ4n) is 2.54. The van der Waals surface area contributed by atoms with E-state index in [0.29, 0.717) is 26.1 Å². The van der Waals surface area contributed by atoms with E-state index in [1.807, 2.05) is 55.5 Å². The lowest BCUT2D eigenvalue weighted by molar-refractivity contribution is -0.120. The molecule has 1 amide bonds. The maximum absolute atomic E-state index is 12.0. The molecular weight excluding hydrogens is 316 g/mol. The van der Waals surface area contributed by atoms with Gasteiger partial charge in [-0.1, -0.05) is 30.3 Å². The van der Waals surface area contributed by atoms with Gasteiger partial charge in [0.15, 0.2) is 0 Å². The van der Waals surface area contributed by atoms with Crippen molar-refractivity contribution < 1.29 is 14.3 Å². The number of ether oxygens (including phenoxy) is 2. The van der Waals surface area contributed by atoms with Gasteiger partial charge in [0.2, 0.25) is 5.91 Å². The van der Waals surface area contributed by atoms with E-state index in [-0.39, 0.29) is 5.91 Å². The van der Waals surface area contributed by atoms with E-state index in [4.69, 9.17) is 9.47 Å². The maximum atomic E-state index is 12.0. The Kier molecular flexibility index (Phi) is 7.63. The van der Waals surface area contributed by atoms with E-state index in [1.165, 1.54) is 0 Å². The fourth-order valence-corrected chi connectivity index (χ4v) is 2.54. The number of anilines is 1. The van der Waals surface area contributed by atoms with Gasteiger partial charge in [-0.2, -0.15) is 0 Å². The molecule has 2 N–H and O–H groups in total. The average molecular weight is 342 g/mol. The van der Waals surface area contributed by atoms with E-state index in [1.54, 1.807) is 7.11 Å². The van der Waals surface area contributed by atoms with Crippen LogP contribution in [0.1, 0.15) is 18.9 Å². The molecule has 0 bridgehead atoms. The molecule has 0 aliphatic heterocycles. The van der Waals surface area contributed by atoms with Crippen molar-refractivity contribution in [1.29, 1.82) is 0 Å². The summed E-state index contributed by atoms with van der Waals surface area (Å²) in [5.74, 6) is 1.68. The largest absolute Gasteiger partial charge is 0.496 e. The zero-order valence-electron chi connectivity index (χ0n) is 14.9. The third kappa shape index (κ3) is 6.03. The molecule has 0 aliphatic rings. The molecule has 0 heterocycles. The van der Waals surface area contributed by atoms with Gasteiger partial charge < -0.3 is 20.1 Å². The third-order valence-corrected chi connectivity index (χ3v) is 3.76. The highest BCUT2D eigenvalue weighted by molar-refractivity contribution is 5.76. The molecule has 0 aliphatic carbocycles. The second-order valence-corrected chi connectivity index (χ2v) is 5.52. The van der Waals surface area contributed by atoms with Crippen LogP contribution < -0.4 is 20.1 Å². The predicted molar refractivity (Wildman–Crippen MR) is 100 cm³/mol. The Morgan fingerprint density at radius 3 is 2.48 bits per heavy atom. The van der Waals surface area contributed by atoms with Gasteiger partial charge >= 0.3 is 0 Å². The summed E-state index contributed by atoms with van der Waals surface area (Å²) in [5, 5.41) is 6.19. The van der Waals surface area contributed by atoms with E-state index in [2.05, 4.69) is 10.6 Å². The van der Waals surface area contributed by atoms with Gasteiger partial charge in [-0.05, 0) is 37.1 Å². The van der Waals surface area contributed by atoms with Gasteiger partial charge in [-0.15, -0.1) is 0 Å². The standard InChI is InChI=1S/C20H26N2O3/c1-3-25-19-11-7-5-9-17(19)21-15-13-20(23)22-14-12-16-8-4-6-10-18(16)24-2/h4-11,21H,3,12-15H2,1-2H3,(H,22,23). The summed E-state index contributed by atoms with van der Waals surface area (Å²) in [6.45, 7) is 3.72. The van der Waals surface area contributed by atoms with Crippen LogP contribution in [-0.4, -0.2) is 32.7 Å². The lowest BCUT2D eigenvalue weighted by Crippen LogP contribution is -2.27. The van der Waals surface area contributed by atoms with Gasteiger partial charge in [-0.3, -0.25) is 4.79 Å². The summed E-state index contributed by atoms with van der Waals surface area (Å²) < 4.78 is 10.9. The zero-order valence-corrected chi connectivity index (χ0v) is 14.9. The topological polar surface area (TPSA) is 59.6 Å². The number of hydrogen-bond acceptors (Lipinski definition) is 4. The summed E-state index contributed by atoms with van der Waals surface area (Å²) in [4.78, 5) is 12.0. The van der Waals surface area contributed by atoms with Crippen molar-refractivity contribution in [3.8, 4) is 11.5 Å². The summed E-state index contributed by atoms with van der Waals surface area (Å²) in [7, 11) is 1.66. The van der Waals surface area contributed by atoms with Crippen LogP contribution in [-0.2, 0) is 11.2 Å². The van der Waals surface area contributed by atoms with Crippen molar-refractivity contribution in [3.63, 3.8) is 0 Å². The molecule has 0 saturated heterocycles. The summed E-state index contributed by atoms with van der Waals surface area (Å²) in [5.41, 5.74) is 2.00.